The molecule has 2 aromatic heterocycles. The molecule has 7 nitrogen and oxygen atoms in total. The summed E-state index contributed by atoms with van der Waals surface area (Å²) in [5.41, 5.74) is 4.24. The monoisotopic (exact) mass is 455 g/mol. The highest BCUT2D eigenvalue weighted by Gasteiger charge is 2.16. The van der Waals surface area contributed by atoms with E-state index in [0.29, 0.717) is 11.2 Å². The number of aryl methyl sites for hydroxylation is 1. The average Bonchev–Trinajstić information content (AvgIpc) is 3.39. The van der Waals surface area contributed by atoms with Gasteiger partial charge in [0.05, 0.1) is 22.4 Å². The van der Waals surface area contributed by atoms with Gasteiger partial charge in [-0.05, 0) is 48.5 Å². The van der Waals surface area contributed by atoms with Crippen LogP contribution >= 0.6 is 0 Å². The van der Waals surface area contributed by atoms with Crippen LogP contribution in [0.3, 0.4) is 0 Å². The first kappa shape index (κ1) is 21.4. The van der Waals surface area contributed by atoms with Crippen molar-refractivity contribution in [2.45, 2.75) is 13.1 Å². The number of nitrogens with zero attached hydrogens (tertiary/aromatic N) is 4. The van der Waals surface area contributed by atoms with Gasteiger partial charge < -0.3 is 5.32 Å². The Balaban J connectivity index is 1.41. The second-order valence-corrected chi connectivity index (χ2v) is 7.98. The minimum atomic E-state index is -0.332. The van der Waals surface area contributed by atoms with Crippen molar-refractivity contribution in [2.24, 2.45) is 7.05 Å². The van der Waals surface area contributed by atoms with Crippen LogP contribution in [0.4, 0.5) is 4.39 Å². The molecule has 0 radical (unpaired) electrons. The zero-order chi connectivity index (χ0) is 23.7. The van der Waals surface area contributed by atoms with E-state index in [-0.39, 0.29) is 30.5 Å². The molecule has 5 aromatic rings. The van der Waals surface area contributed by atoms with E-state index < -0.39 is 0 Å². The number of halogens is 1. The van der Waals surface area contributed by atoms with E-state index in [1.807, 2.05) is 60.8 Å². The minimum Gasteiger partial charge on any atom is -0.350 e. The number of imidazole rings is 1. The van der Waals surface area contributed by atoms with Crippen molar-refractivity contribution in [3.8, 4) is 16.9 Å². The molecule has 0 fully saturated rings. The quantitative estimate of drug-likeness (QED) is 0.425. The molecule has 0 saturated heterocycles. The van der Waals surface area contributed by atoms with Gasteiger partial charge in [0.1, 0.15) is 12.4 Å². The number of amides is 1. The maximum absolute atomic E-state index is 13.5. The Morgan fingerprint density at radius 1 is 0.941 bits per heavy atom. The Morgan fingerprint density at radius 2 is 1.62 bits per heavy atom. The van der Waals surface area contributed by atoms with E-state index >= 15 is 0 Å². The van der Waals surface area contributed by atoms with Gasteiger partial charge in [0.2, 0.25) is 5.91 Å². The van der Waals surface area contributed by atoms with Gasteiger partial charge in [-0.25, -0.2) is 13.9 Å². The molecule has 170 valence electrons. The van der Waals surface area contributed by atoms with E-state index in [1.165, 1.54) is 21.3 Å². The summed E-state index contributed by atoms with van der Waals surface area (Å²) in [5.74, 6) is -0.627. The van der Waals surface area contributed by atoms with Crippen molar-refractivity contribution >= 4 is 16.9 Å². The minimum absolute atomic E-state index is 0.0983. The van der Waals surface area contributed by atoms with Gasteiger partial charge in [-0.15, -0.1) is 0 Å². The van der Waals surface area contributed by atoms with Crippen LogP contribution in [0.5, 0.6) is 0 Å². The zero-order valence-corrected chi connectivity index (χ0v) is 18.5. The lowest BCUT2D eigenvalue weighted by molar-refractivity contribution is -0.121. The lowest BCUT2D eigenvalue weighted by atomic mass is 10.1. The fraction of sp³-hybridized carbons (Fsp3) is 0.115. The molecule has 0 spiro atoms. The van der Waals surface area contributed by atoms with Gasteiger partial charge in [-0.2, -0.15) is 5.10 Å². The number of nitrogens with one attached hydrogen (secondary N) is 1. The number of para-hydroxylation sites is 3. The maximum atomic E-state index is 13.5. The van der Waals surface area contributed by atoms with Crippen LogP contribution in [-0.4, -0.2) is 24.8 Å². The molecule has 1 N–H and O–H groups in total. The van der Waals surface area contributed by atoms with Crippen molar-refractivity contribution in [3.05, 3.63) is 107 Å². The molecular weight excluding hydrogens is 433 g/mol. The Morgan fingerprint density at radius 3 is 2.35 bits per heavy atom. The standard InChI is InChI=1S/C26H22FN5O2/c1-30-22-9-5-6-10-23(22)31(26(30)34)17-24(33)28-15-19-16-32(21-7-3-2-4-8-21)29-25(19)18-11-13-20(27)14-12-18/h2-14,16H,15,17H2,1H3,(H,28,33). The molecule has 8 heteroatoms. The number of aromatic nitrogens is 4. The third kappa shape index (κ3) is 4.01. The Bertz CT molecular complexity index is 1530. The zero-order valence-electron chi connectivity index (χ0n) is 18.5. The summed E-state index contributed by atoms with van der Waals surface area (Å²) in [6.45, 7) is 0.108. The highest BCUT2D eigenvalue weighted by atomic mass is 19.1. The molecule has 3 aromatic carbocycles. The summed E-state index contributed by atoms with van der Waals surface area (Å²) in [5, 5.41) is 7.58. The first-order valence-electron chi connectivity index (χ1n) is 10.8. The number of carbonyl (C=O) groups is 1. The van der Waals surface area contributed by atoms with Crippen molar-refractivity contribution in [1.29, 1.82) is 0 Å². The van der Waals surface area contributed by atoms with Crippen LogP contribution < -0.4 is 11.0 Å². The third-order valence-corrected chi connectivity index (χ3v) is 5.76. The fourth-order valence-corrected chi connectivity index (χ4v) is 4.01. The van der Waals surface area contributed by atoms with Crippen LogP contribution in [0.1, 0.15) is 5.56 Å². The van der Waals surface area contributed by atoms with Gasteiger partial charge in [0, 0.05) is 30.9 Å². The predicted octanol–water partition coefficient (Wildman–Crippen LogP) is 3.65. The number of hydrogen-bond donors (Lipinski definition) is 1. The molecule has 0 bridgehead atoms. The molecule has 0 aliphatic carbocycles. The van der Waals surface area contributed by atoms with Crippen molar-refractivity contribution < 1.29 is 9.18 Å². The van der Waals surface area contributed by atoms with Gasteiger partial charge in [-0.3, -0.25) is 13.9 Å². The van der Waals surface area contributed by atoms with Crippen molar-refractivity contribution in [2.75, 3.05) is 0 Å². The molecule has 0 aliphatic heterocycles. The second kappa shape index (κ2) is 8.82. The molecule has 2 heterocycles. The third-order valence-electron chi connectivity index (χ3n) is 5.76. The molecule has 0 unspecified atom stereocenters. The summed E-state index contributed by atoms with van der Waals surface area (Å²) in [4.78, 5) is 25.4. The normalized spacial score (nSPS) is 11.1. The summed E-state index contributed by atoms with van der Waals surface area (Å²) in [6.07, 6.45) is 1.85. The van der Waals surface area contributed by atoms with E-state index in [1.54, 1.807) is 23.9 Å². The number of benzene rings is 3. The van der Waals surface area contributed by atoms with Crippen molar-refractivity contribution in [3.63, 3.8) is 0 Å². The van der Waals surface area contributed by atoms with E-state index in [2.05, 4.69) is 10.4 Å². The largest absolute Gasteiger partial charge is 0.350 e. The second-order valence-electron chi connectivity index (χ2n) is 7.98. The van der Waals surface area contributed by atoms with E-state index in [4.69, 9.17) is 0 Å². The van der Waals surface area contributed by atoms with Gasteiger partial charge in [0.25, 0.3) is 0 Å². The molecule has 1 amide bonds. The predicted molar refractivity (Wildman–Crippen MR) is 128 cm³/mol. The smallest absolute Gasteiger partial charge is 0.329 e. The van der Waals surface area contributed by atoms with Crippen LogP contribution in [-0.2, 0) is 24.9 Å². The first-order chi connectivity index (χ1) is 16.5. The molecule has 0 atom stereocenters. The fourth-order valence-electron chi connectivity index (χ4n) is 4.01. The molecule has 0 saturated carbocycles. The Kier molecular flexibility index (Phi) is 5.55. The van der Waals surface area contributed by atoms with Crippen molar-refractivity contribution in [1.82, 2.24) is 24.2 Å². The number of fused-ring (bicyclic) bond motifs is 1. The summed E-state index contributed by atoms with van der Waals surface area (Å²) in [6, 6.07) is 23.0. The summed E-state index contributed by atoms with van der Waals surface area (Å²) < 4.78 is 18.2. The maximum Gasteiger partial charge on any atom is 0.329 e. The Labute approximate surface area is 194 Å². The van der Waals surface area contributed by atoms with Crippen LogP contribution in [0, 0.1) is 5.82 Å². The summed E-state index contributed by atoms with van der Waals surface area (Å²) in [7, 11) is 1.69. The lowest BCUT2D eigenvalue weighted by Crippen LogP contribution is -2.32. The molecule has 5 rings (SSSR count). The molecule has 0 aliphatic rings. The summed E-state index contributed by atoms with van der Waals surface area (Å²) >= 11 is 0. The SMILES string of the molecule is Cn1c(=O)n(CC(=O)NCc2cn(-c3ccccc3)nc2-c2ccc(F)cc2)c2ccccc21. The van der Waals surface area contributed by atoms with Crippen LogP contribution in [0.25, 0.3) is 28.0 Å². The van der Waals surface area contributed by atoms with Gasteiger partial charge in [0.15, 0.2) is 0 Å². The number of hydrogen-bond acceptors (Lipinski definition) is 3. The van der Waals surface area contributed by atoms with E-state index in [0.717, 1.165) is 22.3 Å². The van der Waals surface area contributed by atoms with Crippen LogP contribution in [0.2, 0.25) is 0 Å². The Hall–Kier alpha value is -4.46. The highest BCUT2D eigenvalue weighted by Crippen LogP contribution is 2.24. The van der Waals surface area contributed by atoms with E-state index in [9.17, 15) is 14.0 Å². The topological polar surface area (TPSA) is 73.8 Å². The molecule has 34 heavy (non-hydrogen) atoms. The van der Waals surface area contributed by atoms with Gasteiger partial charge >= 0.3 is 5.69 Å². The highest BCUT2D eigenvalue weighted by molar-refractivity contribution is 5.81. The van der Waals surface area contributed by atoms with Crippen LogP contribution in [0.15, 0.2) is 89.9 Å². The number of carbonyl (C=O) groups excluding carboxylic acids is 1. The average molecular weight is 455 g/mol. The number of rotatable bonds is 6. The van der Waals surface area contributed by atoms with Gasteiger partial charge in [-0.1, -0.05) is 30.3 Å². The first-order valence-corrected chi connectivity index (χ1v) is 10.8. The molecular formula is C26H22FN5O2. The lowest BCUT2D eigenvalue weighted by Gasteiger charge is -2.07.